The van der Waals surface area contributed by atoms with Crippen molar-refractivity contribution in [2.45, 2.75) is 12.5 Å². The first-order valence-corrected chi connectivity index (χ1v) is 3.75. The molecule has 1 aliphatic rings. The number of nitrogens with one attached hydrogen (secondary N) is 1. The van der Waals surface area contributed by atoms with Crippen LogP contribution in [0.1, 0.15) is 18.2 Å². The number of nitro groups is 1. The molecule has 1 atom stereocenters. The topological polar surface area (TPSA) is 68.3 Å². The zero-order valence-corrected chi connectivity index (χ0v) is 6.32. The second-order valence-electron chi connectivity index (χ2n) is 2.73. The predicted octanol–water partition coefficient (Wildman–Crippen LogP) is 1.22. The summed E-state index contributed by atoms with van der Waals surface area (Å²) in [6.45, 7) is 0.958. The first-order chi connectivity index (χ1) is 5.77. The van der Waals surface area contributed by atoms with E-state index in [2.05, 4.69) is 5.32 Å². The molecule has 5 heteroatoms. The van der Waals surface area contributed by atoms with Crippen LogP contribution in [-0.4, -0.2) is 11.5 Å². The fourth-order valence-electron chi connectivity index (χ4n) is 1.16. The van der Waals surface area contributed by atoms with Gasteiger partial charge in [0.2, 0.25) is 0 Å². The molecule has 12 heavy (non-hydrogen) atoms. The van der Waals surface area contributed by atoms with Gasteiger partial charge in [0.15, 0.2) is 0 Å². The van der Waals surface area contributed by atoms with Crippen molar-refractivity contribution in [3.05, 3.63) is 28.0 Å². The number of hydrogen-bond acceptors (Lipinski definition) is 4. The van der Waals surface area contributed by atoms with Crippen molar-refractivity contribution in [3.63, 3.8) is 0 Å². The summed E-state index contributed by atoms with van der Waals surface area (Å²) < 4.78 is 4.99. The summed E-state index contributed by atoms with van der Waals surface area (Å²) in [6.07, 6.45) is 0.991. The van der Waals surface area contributed by atoms with Crippen LogP contribution in [0, 0.1) is 10.1 Å². The molecule has 2 rings (SSSR count). The zero-order chi connectivity index (χ0) is 8.55. The van der Waals surface area contributed by atoms with Crippen molar-refractivity contribution >= 4 is 5.88 Å². The molecule has 1 saturated heterocycles. The lowest BCUT2D eigenvalue weighted by atomic mass is 10.1. The molecular weight excluding hydrogens is 160 g/mol. The summed E-state index contributed by atoms with van der Waals surface area (Å²) in [4.78, 5) is 9.71. The van der Waals surface area contributed by atoms with E-state index in [1.165, 1.54) is 6.07 Å². The van der Waals surface area contributed by atoms with Gasteiger partial charge in [0.1, 0.15) is 10.7 Å². The van der Waals surface area contributed by atoms with Crippen molar-refractivity contribution in [1.29, 1.82) is 0 Å². The van der Waals surface area contributed by atoms with Crippen LogP contribution in [0.25, 0.3) is 0 Å². The molecule has 1 fully saturated rings. The van der Waals surface area contributed by atoms with Crippen LogP contribution in [-0.2, 0) is 0 Å². The summed E-state index contributed by atoms with van der Waals surface area (Å²) in [5.74, 6) is 0.478. The number of nitrogens with zero attached hydrogens (tertiary/aromatic N) is 1. The number of hydrogen-bond donors (Lipinski definition) is 1. The van der Waals surface area contributed by atoms with Gasteiger partial charge < -0.3 is 9.73 Å². The van der Waals surface area contributed by atoms with Gasteiger partial charge >= 0.3 is 5.88 Å². The highest BCUT2D eigenvalue weighted by molar-refractivity contribution is 5.20. The Balaban J connectivity index is 2.17. The van der Waals surface area contributed by atoms with Crippen LogP contribution in [0.3, 0.4) is 0 Å². The van der Waals surface area contributed by atoms with Crippen molar-refractivity contribution in [1.82, 2.24) is 5.32 Å². The minimum atomic E-state index is -0.526. The number of rotatable bonds is 2. The Labute approximate surface area is 68.5 Å². The highest BCUT2D eigenvalue weighted by Gasteiger charge is 2.24. The molecule has 0 bridgehead atoms. The van der Waals surface area contributed by atoms with Gasteiger partial charge in [0, 0.05) is 0 Å². The van der Waals surface area contributed by atoms with Gasteiger partial charge in [0.25, 0.3) is 0 Å². The maximum Gasteiger partial charge on any atom is 0.433 e. The van der Waals surface area contributed by atoms with Gasteiger partial charge in [-0.3, -0.25) is 10.1 Å². The van der Waals surface area contributed by atoms with E-state index in [1.54, 1.807) is 6.07 Å². The average molecular weight is 168 g/mol. The molecule has 2 heterocycles. The third-order valence-corrected chi connectivity index (χ3v) is 1.96. The van der Waals surface area contributed by atoms with Gasteiger partial charge in [0.05, 0.1) is 12.1 Å². The van der Waals surface area contributed by atoms with E-state index in [0.717, 1.165) is 13.0 Å². The highest BCUT2D eigenvalue weighted by atomic mass is 16.6. The van der Waals surface area contributed by atoms with Gasteiger partial charge in [-0.2, -0.15) is 0 Å². The predicted molar refractivity (Wildman–Crippen MR) is 40.7 cm³/mol. The Kier molecular flexibility index (Phi) is 1.58. The van der Waals surface area contributed by atoms with E-state index in [-0.39, 0.29) is 11.9 Å². The lowest BCUT2D eigenvalue weighted by Crippen LogP contribution is -2.34. The summed E-state index contributed by atoms with van der Waals surface area (Å²) in [6, 6.07) is 3.21. The van der Waals surface area contributed by atoms with E-state index in [0.29, 0.717) is 5.76 Å². The standard InChI is InChI=1S/C7H8N2O3/c10-9(11)7-2-1-6(12-7)5-3-4-8-5/h1-2,5,8H,3-4H2/t5-/m1/s1. The van der Waals surface area contributed by atoms with Crippen LogP contribution in [0.5, 0.6) is 0 Å². The zero-order valence-electron chi connectivity index (χ0n) is 6.32. The molecule has 0 aliphatic carbocycles. The van der Waals surface area contributed by atoms with E-state index in [9.17, 15) is 10.1 Å². The van der Waals surface area contributed by atoms with Gasteiger partial charge in [-0.1, -0.05) is 0 Å². The first kappa shape index (κ1) is 7.30. The monoisotopic (exact) mass is 168 g/mol. The Hall–Kier alpha value is -1.36. The van der Waals surface area contributed by atoms with Gasteiger partial charge in [-0.15, -0.1) is 0 Å². The number of furan rings is 1. The van der Waals surface area contributed by atoms with Gasteiger partial charge in [-0.25, -0.2) is 0 Å². The molecule has 0 radical (unpaired) electrons. The molecule has 64 valence electrons. The SMILES string of the molecule is O=[N+]([O-])c1ccc([C@H]2CCN2)o1. The highest BCUT2D eigenvalue weighted by Crippen LogP contribution is 2.27. The molecular formula is C7H8N2O3. The van der Waals surface area contributed by atoms with Crippen LogP contribution in [0.15, 0.2) is 16.5 Å². The summed E-state index contributed by atoms with van der Waals surface area (Å²) >= 11 is 0. The molecule has 0 spiro atoms. The molecule has 0 amide bonds. The molecule has 5 nitrogen and oxygen atoms in total. The molecule has 0 aromatic carbocycles. The maximum absolute atomic E-state index is 10.2. The first-order valence-electron chi connectivity index (χ1n) is 3.75. The third-order valence-electron chi connectivity index (χ3n) is 1.96. The summed E-state index contributed by atoms with van der Waals surface area (Å²) in [5.41, 5.74) is 0. The van der Waals surface area contributed by atoms with Crippen molar-refractivity contribution in [2.24, 2.45) is 0 Å². The van der Waals surface area contributed by atoms with Crippen molar-refractivity contribution in [3.8, 4) is 0 Å². The van der Waals surface area contributed by atoms with E-state index in [4.69, 9.17) is 4.42 Å². The Morgan fingerprint density at radius 3 is 2.83 bits per heavy atom. The fourth-order valence-corrected chi connectivity index (χ4v) is 1.16. The third kappa shape index (κ3) is 1.08. The minimum Gasteiger partial charge on any atom is -0.404 e. The lowest BCUT2D eigenvalue weighted by Gasteiger charge is -2.24. The molecule has 1 N–H and O–H groups in total. The Morgan fingerprint density at radius 2 is 2.42 bits per heavy atom. The van der Waals surface area contributed by atoms with Gasteiger partial charge in [-0.05, 0) is 19.0 Å². The van der Waals surface area contributed by atoms with Crippen LogP contribution in [0.4, 0.5) is 5.88 Å². The Morgan fingerprint density at radius 1 is 1.67 bits per heavy atom. The van der Waals surface area contributed by atoms with Crippen LogP contribution in [0.2, 0.25) is 0 Å². The maximum atomic E-state index is 10.2. The minimum absolute atomic E-state index is 0.179. The second-order valence-corrected chi connectivity index (χ2v) is 2.73. The molecule has 1 aliphatic heterocycles. The van der Waals surface area contributed by atoms with Crippen molar-refractivity contribution < 1.29 is 9.34 Å². The van der Waals surface area contributed by atoms with E-state index >= 15 is 0 Å². The van der Waals surface area contributed by atoms with Crippen LogP contribution >= 0.6 is 0 Å². The van der Waals surface area contributed by atoms with Crippen LogP contribution < -0.4 is 5.32 Å². The lowest BCUT2D eigenvalue weighted by molar-refractivity contribution is -0.402. The Bertz CT molecular complexity index is 303. The molecule has 1 aromatic rings. The normalized spacial score (nSPS) is 21.8. The average Bonchev–Trinajstić information content (AvgIpc) is 2.32. The molecule has 0 saturated carbocycles. The van der Waals surface area contributed by atoms with E-state index in [1.807, 2.05) is 0 Å². The smallest absolute Gasteiger partial charge is 0.404 e. The quantitative estimate of drug-likeness (QED) is 0.532. The largest absolute Gasteiger partial charge is 0.433 e. The fraction of sp³-hybridized carbons (Fsp3) is 0.429. The molecule has 0 unspecified atom stereocenters. The summed E-state index contributed by atoms with van der Waals surface area (Å²) in [5, 5.41) is 13.3. The molecule has 1 aromatic heterocycles. The van der Waals surface area contributed by atoms with Crippen molar-refractivity contribution in [2.75, 3.05) is 6.54 Å². The second kappa shape index (κ2) is 2.60. The van der Waals surface area contributed by atoms with E-state index < -0.39 is 4.92 Å². The summed E-state index contributed by atoms with van der Waals surface area (Å²) in [7, 11) is 0.